The molecule has 0 amide bonds. The van der Waals surface area contributed by atoms with Crippen LogP contribution >= 0.6 is 0 Å². The summed E-state index contributed by atoms with van der Waals surface area (Å²) >= 11 is 0. The van der Waals surface area contributed by atoms with Gasteiger partial charge in [0.15, 0.2) is 11.2 Å². The van der Waals surface area contributed by atoms with Crippen molar-refractivity contribution in [1.29, 1.82) is 0 Å². The number of benzene rings is 1. The molecule has 1 N–H and O–H groups in total. The standard InChI is InChI=1S/C21H18FN5O/c1-12-10-14(11-17(24-12)27(2)3)19-18(13-4-6-15(22)7-5-13)26-21-20(25-19)16(28)8-9-23-21/h4-11H,1-3H3,(H,23,26,28). The number of rotatable bonds is 3. The van der Waals surface area contributed by atoms with E-state index in [1.807, 2.05) is 38.1 Å². The fraction of sp³-hybridized carbons (Fsp3) is 0.143. The highest BCUT2D eigenvalue weighted by molar-refractivity contribution is 5.85. The van der Waals surface area contributed by atoms with Crippen molar-refractivity contribution in [1.82, 2.24) is 19.9 Å². The molecule has 0 aliphatic rings. The van der Waals surface area contributed by atoms with E-state index in [2.05, 4.69) is 19.9 Å². The lowest BCUT2D eigenvalue weighted by Crippen LogP contribution is -2.11. The average Bonchev–Trinajstić information content (AvgIpc) is 2.67. The van der Waals surface area contributed by atoms with Crippen LogP contribution in [0.3, 0.4) is 0 Å². The molecule has 0 bridgehead atoms. The lowest BCUT2D eigenvalue weighted by Gasteiger charge is -2.15. The van der Waals surface area contributed by atoms with E-state index in [4.69, 9.17) is 0 Å². The number of nitrogens with zero attached hydrogens (tertiary/aromatic N) is 4. The second-order valence-electron chi connectivity index (χ2n) is 6.72. The number of aromatic nitrogens is 4. The Balaban J connectivity index is 2.06. The summed E-state index contributed by atoms with van der Waals surface area (Å²) in [4.78, 5) is 31.0. The highest BCUT2D eigenvalue weighted by Crippen LogP contribution is 2.31. The number of hydrogen-bond donors (Lipinski definition) is 1. The van der Waals surface area contributed by atoms with Crippen molar-refractivity contribution in [2.75, 3.05) is 19.0 Å². The Hall–Kier alpha value is -3.61. The number of hydrogen-bond acceptors (Lipinski definition) is 5. The van der Waals surface area contributed by atoms with Gasteiger partial charge in [-0.3, -0.25) is 4.79 Å². The fourth-order valence-corrected chi connectivity index (χ4v) is 3.01. The lowest BCUT2D eigenvalue weighted by atomic mass is 10.0. The summed E-state index contributed by atoms with van der Waals surface area (Å²) in [6.07, 6.45) is 1.54. The van der Waals surface area contributed by atoms with E-state index in [9.17, 15) is 9.18 Å². The van der Waals surface area contributed by atoms with Crippen LogP contribution in [-0.4, -0.2) is 34.0 Å². The number of aromatic amines is 1. The molecule has 3 aromatic heterocycles. The third kappa shape index (κ3) is 3.22. The molecule has 0 atom stereocenters. The molecule has 0 fully saturated rings. The van der Waals surface area contributed by atoms with Gasteiger partial charge in [0.2, 0.25) is 5.43 Å². The van der Waals surface area contributed by atoms with Gasteiger partial charge in [-0.15, -0.1) is 0 Å². The zero-order chi connectivity index (χ0) is 19.8. The van der Waals surface area contributed by atoms with Gasteiger partial charge in [0.05, 0.1) is 11.4 Å². The minimum atomic E-state index is -0.331. The molecule has 140 valence electrons. The quantitative estimate of drug-likeness (QED) is 0.593. The van der Waals surface area contributed by atoms with Crippen molar-refractivity contribution >= 4 is 17.0 Å². The lowest BCUT2D eigenvalue weighted by molar-refractivity contribution is 0.628. The summed E-state index contributed by atoms with van der Waals surface area (Å²) < 4.78 is 13.4. The Kier molecular flexibility index (Phi) is 4.35. The Labute approximate surface area is 160 Å². The first-order valence-electron chi connectivity index (χ1n) is 8.74. The summed E-state index contributed by atoms with van der Waals surface area (Å²) in [5.41, 5.74) is 3.83. The third-order valence-corrected chi connectivity index (χ3v) is 4.37. The highest BCUT2D eigenvalue weighted by atomic mass is 19.1. The Bertz CT molecular complexity index is 1230. The summed E-state index contributed by atoms with van der Waals surface area (Å²) in [5, 5.41) is 0. The maximum Gasteiger partial charge on any atom is 0.209 e. The first-order valence-corrected chi connectivity index (χ1v) is 8.74. The number of pyridine rings is 2. The molecule has 0 aliphatic heterocycles. The van der Waals surface area contributed by atoms with Gasteiger partial charge in [0.1, 0.15) is 11.6 Å². The van der Waals surface area contributed by atoms with E-state index in [1.165, 1.54) is 24.4 Å². The van der Waals surface area contributed by atoms with Crippen LogP contribution in [0, 0.1) is 12.7 Å². The fourth-order valence-electron chi connectivity index (χ4n) is 3.01. The summed E-state index contributed by atoms with van der Waals surface area (Å²) in [6, 6.07) is 11.3. The average molecular weight is 375 g/mol. The second kappa shape index (κ2) is 6.84. The second-order valence-corrected chi connectivity index (χ2v) is 6.72. The van der Waals surface area contributed by atoms with E-state index in [0.717, 1.165) is 17.1 Å². The van der Waals surface area contributed by atoms with E-state index in [1.54, 1.807) is 12.1 Å². The maximum absolute atomic E-state index is 13.4. The van der Waals surface area contributed by atoms with Crippen LogP contribution in [0.15, 0.2) is 53.5 Å². The third-order valence-electron chi connectivity index (χ3n) is 4.37. The normalized spacial score (nSPS) is 11.0. The van der Waals surface area contributed by atoms with Crippen molar-refractivity contribution in [2.24, 2.45) is 0 Å². The number of aryl methyl sites for hydroxylation is 1. The molecule has 0 unspecified atom stereocenters. The van der Waals surface area contributed by atoms with Crippen LogP contribution in [0.2, 0.25) is 0 Å². The summed E-state index contributed by atoms with van der Waals surface area (Å²) in [7, 11) is 3.81. The maximum atomic E-state index is 13.4. The number of halogens is 1. The number of H-pyrrole nitrogens is 1. The molecule has 0 saturated carbocycles. The SMILES string of the molecule is Cc1cc(-c2nc3c(=O)cc[nH]c3nc2-c2ccc(F)cc2)cc(N(C)C)n1. The molecule has 7 heteroatoms. The van der Waals surface area contributed by atoms with Gasteiger partial charge in [0, 0.05) is 43.2 Å². The predicted octanol–water partition coefficient (Wildman–Crippen LogP) is 3.56. The highest BCUT2D eigenvalue weighted by Gasteiger charge is 2.16. The Morgan fingerprint density at radius 1 is 0.929 bits per heavy atom. The van der Waals surface area contributed by atoms with E-state index >= 15 is 0 Å². The molecule has 3 heterocycles. The van der Waals surface area contributed by atoms with E-state index in [-0.39, 0.29) is 16.8 Å². The van der Waals surface area contributed by atoms with Crippen LogP contribution in [0.4, 0.5) is 10.2 Å². The van der Waals surface area contributed by atoms with Crippen LogP contribution < -0.4 is 10.3 Å². The van der Waals surface area contributed by atoms with Crippen LogP contribution in [-0.2, 0) is 0 Å². The molecule has 0 aliphatic carbocycles. The van der Waals surface area contributed by atoms with Gasteiger partial charge in [0.25, 0.3) is 0 Å². The predicted molar refractivity (Wildman–Crippen MR) is 108 cm³/mol. The van der Waals surface area contributed by atoms with Gasteiger partial charge < -0.3 is 9.88 Å². The summed E-state index contributed by atoms with van der Waals surface area (Å²) in [6.45, 7) is 1.90. The van der Waals surface area contributed by atoms with Gasteiger partial charge in [-0.25, -0.2) is 19.3 Å². The monoisotopic (exact) mass is 375 g/mol. The molecule has 28 heavy (non-hydrogen) atoms. The van der Waals surface area contributed by atoms with Gasteiger partial charge in [-0.2, -0.15) is 0 Å². The molecular formula is C21H18FN5O. The largest absolute Gasteiger partial charge is 0.363 e. The minimum absolute atomic E-state index is 0.216. The van der Waals surface area contributed by atoms with Gasteiger partial charge in [-0.05, 0) is 43.3 Å². The molecule has 4 aromatic rings. The van der Waals surface area contributed by atoms with Crippen molar-refractivity contribution in [2.45, 2.75) is 6.92 Å². The molecule has 0 radical (unpaired) electrons. The smallest absolute Gasteiger partial charge is 0.209 e. The van der Waals surface area contributed by atoms with Gasteiger partial charge in [-0.1, -0.05) is 0 Å². The van der Waals surface area contributed by atoms with Crippen molar-refractivity contribution in [3.05, 3.63) is 70.4 Å². The van der Waals surface area contributed by atoms with Crippen LogP contribution in [0.5, 0.6) is 0 Å². The van der Waals surface area contributed by atoms with Crippen molar-refractivity contribution < 1.29 is 4.39 Å². The topological polar surface area (TPSA) is 74.8 Å². The Morgan fingerprint density at radius 2 is 1.64 bits per heavy atom. The molecule has 0 spiro atoms. The van der Waals surface area contributed by atoms with E-state index in [0.29, 0.717) is 22.6 Å². The molecule has 1 aromatic carbocycles. The van der Waals surface area contributed by atoms with Crippen LogP contribution in [0.25, 0.3) is 33.7 Å². The molecule has 4 rings (SSSR count). The zero-order valence-corrected chi connectivity index (χ0v) is 15.7. The number of fused-ring (bicyclic) bond motifs is 1. The molecule has 0 saturated heterocycles. The number of nitrogens with one attached hydrogen (secondary N) is 1. The Morgan fingerprint density at radius 3 is 2.36 bits per heavy atom. The van der Waals surface area contributed by atoms with Gasteiger partial charge >= 0.3 is 0 Å². The first-order chi connectivity index (χ1) is 13.4. The van der Waals surface area contributed by atoms with Crippen LogP contribution in [0.1, 0.15) is 5.69 Å². The van der Waals surface area contributed by atoms with E-state index < -0.39 is 0 Å². The zero-order valence-electron chi connectivity index (χ0n) is 15.7. The molecular weight excluding hydrogens is 357 g/mol. The van der Waals surface area contributed by atoms with Crippen molar-refractivity contribution in [3.63, 3.8) is 0 Å². The van der Waals surface area contributed by atoms with Crippen molar-refractivity contribution in [3.8, 4) is 22.5 Å². The first kappa shape index (κ1) is 17.8. The molecule has 6 nitrogen and oxygen atoms in total. The summed E-state index contributed by atoms with van der Waals surface area (Å²) in [5.74, 6) is 0.436. The minimum Gasteiger partial charge on any atom is -0.363 e. The number of anilines is 1.